The molecule has 7 heteroatoms. The van der Waals surface area contributed by atoms with Gasteiger partial charge in [0, 0.05) is 21.1 Å². The molecule has 140 valence electrons. The van der Waals surface area contributed by atoms with Gasteiger partial charge in [-0.1, -0.05) is 39.7 Å². The van der Waals surface area contributed by atoms with Crippen LogP contribution in [0.4, 0.5) is 10.5 Å². The summed E-state index contributed by atoms with van der Waals surface area (Å²) in [5.41, 5.74) is 2.57. The first kappa shape index (κ1) is 18.5. The smallest absolute Gasteiger partial charge is 0.333 e. The Morgan fingerprint density at radius 1 is 1.11 bits per heavy atom. The summed E-state index contributed by atoms with van der Waals surface area (Å²) in [6, 6.07) is 15.5. The molecule has 3 amide bonds. The highest BCUT2D eigenvalue weighted by atomic mass is 79.9. The molecule has 1 aliphatic heterocycles. The van der Waals surface area contributed by atoms with E-state index in [0.717, 1.165) is 20.5 Å². The number of hydrogen-bond donors (Lipinski definition) is 1. The fraction of sp³-hybridized carbons (Fsp3) is 0.0476. The predicted molar refractivity (Wildman–Crippen MR) is 112 cm³/mol. The minimum Gasteiger partial charge on any atom is -0.457 e. The van der Waals surface area contributed by atoms with Crippen molar-refractivity contribution in [1.29, 1.82) is 0 Å². The van der Waals surface area contributed by atoms with Crippen LogP contribution in [0.5, 0.6) is 0 Å². The SMILES string of the molecule is Cc1ccc(-c2ccc(/C=C3\NC(=O)N(c4cccc(Cl)c4)C3=O)o2)c(Br)c1. The molecule has 0 aliphatic carbocycles. The Kier molecular flexibility index (Phi) is 4.83. The van der Waals surface area contributed by atoms with Gasteiger partial charge in [0.2, 0.25) is 0 Å². The average molecular weight is 458 g/mol. The fourth-order valence-corrected chi connectivity index (χ4v) is 3.80. The van der Waals surface area contributed by atoms with E-state index in [0.29, 0.717) is 22.2 Å². The molecule has 5 nitrogen and oxygen atoms in total. The molecular weight excluding hydrogens is 444 g/mol. The lowest BCUT2D eigenvalue weighted by Gasteiger charge is -2.11. The quantitative estimate of drug-likeness (QED) is 0.401. The van der Waals surface area contributed by atoms with Crippen molar-refractivity contribution < 1.29 is 14.0 Å². The molecule has 1 aromatic heterocycles. The molecule has 0 atom stereocenters. The second kappa shape index (κ2) is 7.30. The topological polar surface area (TPSA) is 62.6 Å². The van der Waals surface area contributed by atoms with Gasteiger partial charge in [0.1, 0.15) is 17.2 Å². The van der Waals surface area contributed by atoms with Crippen LogP contribution in [0.15, 0.2) is 69.2 Å². The van der Waals surface area contributed by atoms with Crippen molar-refractivity contribution in [3.05, 3.63) is 81.1 Å². The van der Waals surface area contributed by atoms with Crippen LogP contribution in [0.1, 0.15) is 11.3 Å². The fourth-order valence-electron chi connectivity index (χ4n) is 2.92. The average Bonchev–Trinajstić information content (AvgIpc) is 3.20. The highest BCUT2D eigenvalue weighted by molar-refractivity contribution is 9.10. The van der Waals surface area contributed by atoms with Crippen LogP contribution in [-0.2, 0) is 4.79 Å². The van der Waals surface area contributed by atoms with Crippen molar-refractivity contribution in [3.63, 3.8) is 0 Å². The number of amides is 3. The lowest BCUT2D eigenvalue weighted by atomic mass is 10.1. The largest absolute Gasteiger partial charge is 0.457 e. The van der Waals surface area contributed by atoms with Crippen LogP contribution in [0.25, 0.3) is 17.4 Å². The van der Waals surface area contributed by atoms with Crippen molar-refractivity contribution in [2.75, 3.05) is 4.90 Å². The maximum Gasteiger partial charge on any atom is 0.333 e. The molecule has 0 radical (unpaired) electrons. The number of furan rings is 1. The predicted octanol–water partition coefficient (Wildman–Crippen LogP) is 5.77. The first-order chi connectivity index (χ1) is 13.4. The second-order valence-electron chi connectivity index (χ2n) is 6.29. The highest BCUT2D eigenvalue weighted by Gasteiger charge is 2.35. The highest BCUT2D eigenvalue weighted by Crippen LogP contribution is 2.31. The van der Waals surface area contributed by atoms with E-state index in [9.17, 15) is 9.59 Å². The van der Waals surface area contributed by atoms with Crippen molar-refractivity contribution in [1.82, 2.24) is 5.32 Å². The molecule has 1 fully saturated rings. The van der Waals surface area contributed by atoms with Crippen molar-refractivity contribution in [2.45, 2.75) is 6.92 Å². The van der Waals surface area contributed by atoms with E-state index in [1.165, 1.54) is 6.08 Å². The van der Waals surface area contributed by atoms with Gasteiger partial charge in [-0.05, 0) is 55.0 Å². The summed E-state index contributed by atoms with van der Waals surface area (Å²) in [7, 11) is 0. The number of halogens is 2. The van der Waals surface area contributed by atoms with Gasteiger partial charge in [-0.25, -0.2) is 9.69 Å². The van der Waals surface area contributed by atoms with E-state index < -0.39 is 11.9 Å². The van der Waals surface area contributed by atoms with Crippen molar-refractivity contribution in [2.24, 2.45) is 0 Å². The third kappa shape index (κ3) is 3.48. The van der Waals surface area contributed by atoms with E-state index in [-0.39, 0.29) is 5.70 Å². The number of carbonyl (C=O) groups excluding carboxylic acids is 2. The van der Waals surface area contributed by atoms with E-state index in [2.05, 4.69) is 21.2 Å². The van der Waals surface area contributed by atoms with Crippen LogP contribution in [0, 0.1) is 6.92 Å². The lowest BCUT2D eigenvalue weighted by molar-refractivity contribution is -0.113. The monoisotopic (exact) mass is 456 g/mol. The van der Waals surface area contributed by atoms with Gasteiger partial charge >= 0.3 is 6.03 Å². The Hall–Kier alpha value is -2.83. The summed E-state index contributed by atoms with van der Waals surface area (Å²) in [4.78, 5) is 26.0. The number of urea groups is 1. The van der Waals surface area contributed by atoms with Gasteiger partial charge in [0.15, 0.2) is 0 Å². The minimum absolute atomic E-state index is 0.133. The van der Waals surface area contributed by atoms with E-state index in [1.54, 1.807) is 30.3 Å². The van der Waals surface area contributed by atoms with Crippen LogP contribution in [-0.4, -0.2) is 11.9 Å². The molecule has 28 heavy (non-hydrogen) atoms. The van der Waals surface area contributed by atoms with E-state index >= 15 is 0 Å². The summed E-state index contributed by atoms with van der Waals surface area (Å²) in [6.07, 6.45) is 1.51. The number of nitrogens with one attached hydrogen (secondary N) is 1. The van der Waals surface area contributed by atoms with Crippen LogP contribution < -0.4 is 10.2 Å². The van der Waals surface area contributed by atoms with Gasteiger partial charge < -0.3 is 9.73 Å². The van der Waals surface area contributed by atoms with Crippen LogP contribution in [0.2, 0.25) is 5.02 Å². The summed E-state index contributed by atoms with van der Waals surface area (Å²) in [6.45, 7) is 2.01. The van der Waals surface area contributed by atoms with Gasteiger partial charge in [-0.15, -0.1) is 0 Å². The van der Waals surface area contributed by atoms with Gasteiger partial charge in [0.25, 0.3) is 5.91 Å². The Labute approximate surface area is 174 Å². The normalized spacial score (nSPS) is 15.4. The maximum absolute atomic E-state index is 12.7. The number of aryl methyl sites for hydroxylation is 1. The number of rotatable bonds is 3. The molecule has 1 aliphatic rings. The van der Waals surface area contributed by atoms with Gasteiger partial charge in [-0.2, -0.15) is 0 Å². The van der Waals surface area contributed by atoms with Crippen LogP contribution >= 0.6 is 27.5 Å². The first-order valence-corrected chi connectivity index (χ1v) is 9.58. The Bertz CT molecular complexity index is 1140. The summed E-state index contributed by atoms with van der Waals surface area (Å²) >= 11 is 9.50. The molecular formula is C21H14BrClN2O3. The van der Waals surface area contributed by atoms with Crippen molar-refractivity contribution >= 4 is 51.2 Å². The molecule has 0 bridgehead atoms. The number of nitrogens with zero attached hydrogens (tertiary/aromatic N) is 1. The van der Waals surface area contributed by atoms with Gasteiger partial charge in [0.05, 0.1) is 5.69 Å². The summed E-state index contributed by atoms with van der Waals surface area (Å²) in [5, 5.41) is 3.01. The second-order valence-corrected chi connectivity index (χ2v) is 7.58. The Morgan fingerprint density at radius 3 is 2.68 bits per heavy atom. The standard InChI is InChI=1S/C21H14BrClN2O3/c1-12-5-7-16(17(22)9-12)19-8-6-15(28-19)11-18-20(26)25(21(27)24-18)14-4-2-3-13(23)10-14/h2-11H,1H3,(H,24,27)/b18-11-. The number of imide groups is 1. The summed E-state index contributed by atoms with van der Waals surface area (Å²) < 4.78 is 6.76. The maximum atomic E-state index is 12.7. The molecule has 3 aromatic rings. The zero-order valence-corrected chi connectivity index (χ0v) is 17.0. The van der Waals surface area contributed by atoms with Crippen molar-refractivity contribution in [3.8, 4) is 11.3 Å². The molecule has 0 saturated carbocycles. The zero-order chi connectivity index (χ0) is 19.8. The number of benzene rings is 2. The summed E-state index contributed by atoms with van der Waals surface area (Å²) in [5.74, 6) is 0.642. The lowest BCUT2D eigenvalue weighted by Crippen LogP contribution is -2.30. The third-order valence-electron chi connectivity index (χ3n) is 4.25. The third-order valence-corrected chi connectivity index (χ3v) is 5.14. The molecule has 4 rings (SSSR count). The molecule has 0 unspecified atom stereocenters. The minimum atomic E-state index is -0.536. The number of anilines is 1. The molecule has 0 spiro atoms. The van der Waals surface area contributed by atoms with Crippen LogP contribution in [0.3, 0.4) is 0 Å². The van der Waals surface area contributed by atoms with E-state index in [4.69, 9.17) is 16.0 Å². The van der Waals surface area contributed by atoms with E-state index in [1.807, 2.05) is 31.2 Å². The van der Waals surface area contributed by atoms with Gasteiger partial charge in [-0.3, -0.25) is 4.79 Å². The molecule has 2 heterocycles. The first-order valence-electron chi connectivity index (χ1n) is 8.41. The molecule has 1 N–H and O–H groups in total. The Morgan fingerprint density at radius 2 is 1.93 bits per heavy atom. The molecule has 1 saturated heterocycles. The zero-order valence-electron chi connectivity index (χ0n) is 14.7. The molecule has 2 aromatic carbocycles. The number of carbonyl (C=O) groups is 2. The number of hydrogen-bond acceptors (Lipinski definition) is 3. The Balaban J connectivity index is 1.62.